The number of likely N-dealkylation sites (N-methyl/N-ethyl adjacent to an activating group) is 1. The molecule has 5 heteroatoms. The Morgan fingerprint density at radius 3 is 2.63 bits per heavy atom. The van der Waals surface area contributed by atoms with Crippen molar-refractivity contribution in [2.24, 2.45) is 5.41 Å². The Morgan fingerprint density at radius 2 is 2.05 bits per heavy atom. The number of carbonyl (C=O) groups is 2. The molecule has 0 aromatic rings. The summed E-state index contributed by atoms with van der Waals surface area (Å²) in [6.07, 6.45) is 5.10. The fourth-order valence-corrected chi connectivity index (χ4v) is 2.63. The van der Waals surface area contributed by atoms with Gasteiger partial charge < -0.3 is 14.4 Å². The second-order valence-corrected chi connectivity index (χ2v) is 4.69. The molecule has 1 amide bonds. The number of Topliss-reactive ketones (excluding diaryl/α,β-unsaturated/α-hetero) is 1. The lowest BCUT2D eigenvalue weighted by molar-refractivity contribution is -0.125. The Morgan fingerprint density at radius 1 is 1.37 bits per heavy atom. The predicted octanol–water partition coefficient (Wildman–Crippen LogP) is 1.03. The first-order valence-electron chi connectivity index (χ1n) is 5.97. The number of amides is 1. The summed E-state index contributed by atoms with van der Waals surface area (Å²) in [4.78, 5) is 26.4. The number of allylic oxidation sites excluding steroid dienone is 4. The van der Waals surface area contributed by atoms with Gasteiger partial charge in [0.25, 0.3) is 5.91 Å². The van der Waals surface area contributed by atoms with Gasteiger partial charge in [0.2, 0.25) is 5.78 Å². The molecule has 0 aromatic heterocycles. The lowest BCUT2D eigenvalue weighted by atomic mass is 9.75. The molecule has 0 radical (unpaired) electrons. The maximum Gasteiger partial charge on any atom is 0.254 e. The Bertz CT molecular complexity index is 530. The van der Waals surface area contributed by atoms with Gasteiger partial charge in [0.15, 0.2) is 5.76 Å². The van der Waals surface area contributed by atoms with Crippen LogP contribution in [0.2, 0.25) is 0 Å². The second kappa shape index (κ2) is 4.57. The van der Waals surface area contributed by atoms with Crippen molar-refractivity contribution in [2.45, 2.75) is 6.92 Å². The van der Waals surface area contributed by atoms with Crippen molar-refractivity contribution in [3.8, 4) is 0 Å². The highest BCUT2D eigenvalue weighted by Crippen LogP contribution is 2.43. The van der Waals surface area contributed by atoms with E-state index in [9.17, 15) is 9.59 Å². The molecular weight excluding hydrogens is 246 g/mol. The highest BCUT2D eigenvalue weighted by molar-refractivity contribution is 6.13. The molecule has 1 spiro atoms. The molecule has 102 valence electrons. The largest absolute Gasteiger partial charge is 0.501 e. The summed E-state index contributed by atoms with van der Waals surface area (Å²) < 4.78 is 10.3. The smallest absolute Gasteiger partial charge is 0.254 e. The third-order valence-electron chi connectivity index (χ3n) is 3.63. The van der Waals surface area contributed by atoms with Gasteiger partial charge in [0.1, 0.15) is 11.2 Å². The molecule has 19 heavy (non-hydrogen) atoms. The van der Waals surface area contributed by atoms with Crippen LogP contribution in [0.5, 0.6) is 0 Å². The summed E-state index contributed by atoms with van der Waals surface area (Å²) in [6.45, 7) is 2.00. The van der Waals surface area contributed by atoms with Gasteiger partial charge in [-0.05, 0) is 13.0 Å². The number of hydrogen-bond donors (Lipinski definition) is 0. The average molecular weight is 263 g/mol. The molecule has 1 aliphatic carbocycles. The van der Waals surface area contributed by atoms with E-state index in [4.69, 9.17) is 9.47 Å². The van der Waals surface area contributed by atoms with Crippen LogP contribution in [0.4, 0.5) is 0 Å². The molecule has 1 heterocycles. The van der Waals surface area contributed by atoms with Crippen molar-refractivity contribution in [1.82, 2.24) is 4.90 Å². The van der Waals surface area contributed by atoms with E-state index in [2.05, 4.69) is 0 Å². The van der Waals surface area contributed by atoms with E-state index in [1.807, 2.05) is 0 Å². The summed E-state index contributed by atoms with van der Waals surface area (Å²) in [5, 5.41) is 0. The number of nitrogens with zero attached hydrogens (tertiary/aromatic N) is 1. The molecule has 0 N–H and O–H groups in total. The molecule has 0 bridgehead atoms. The lowest BCUT2D eigenvalue weighted by Gasteiger charge is -2.27. The van der Waals surface area contributed by atoms with Crippen LogP contribution < -0.4 is 0 Å². The first kappa shape index (κ1) is 13.4. The van der Waals surface area contributed by atoms with Crippen molar-refractivity contribution in [1.29, 1.82) is 0 Å². The molecule has 1 atom stereocenters. The molecule has 5 nitrogen and oxygen atoms in total. The number of ether oxygens (including phenoxy) is 2. The van der Waals surface area contributed by atoms with Crippen LogP contribution in [0.25, 0.3) is 0 Å². The minimum Gasteiger partial charge on any atom is -0.501 e. The molecule has 1 aliphatic heterocycles. The Kier molecular flexibility index (Phi) is 3.22. The second-order valence-electron chi connectivity index (χ2n) is 4.69. The van der Waals surface area contributed by atoms with Gasteiger partial charge in [-0.2, -0.15) is 0 Å². The first-order chi connectivity index (χ1) is 8.97. The number of methoxy groups -OCH3 is 2. The minimum absolute atomic E-state index is 0.185. The fraction of sp³-hybridized carbons (Fsp3) is 0.429. The van der Waals surface area contributed by atoms with Crippen molar-refractivity contribution >= 4 is 11.7 Å². The predicted molar refractivity (Wildman–Crippen MR) is 69.0 cm³/mol. The molecular formula is C14H17NO4. The van der Waals surface area contributed by atoms with Crippen LogP contribution >= 0.6 is 0 Å². The zero-order valence-electron chi connectivity index (χ0n) is 11.5. The number of rotatable bonds is 2. The first-order valence-corrected chi connectivity index (χ1v) is 5.97. The molecule has 0 saturated carbocycles. The Labute approximate surface area is 112 Å². The van der Waals surface area contributed by atoms with E-state index < -0.39 is 5.41 Å². The standard InChI is InChI=1S/C14H17NO4/c1-9(18-3)11-13(17)15(2)8-14(11)7-5-6-10(19-4)12(14)16/h5-7H,8H2,1-4H3/b11-9+. The molecule has 2 rings (SSSR count). The van der Waals surface area contributed by atoms with E-state index in [0.717, 1.165) is 0 Å². The van der Waals surface area contributed by atoms with E-state index in [1.165, 1.54) is 19.1 Å². The van der Waals surface area contributed by atoms with E-state index in [-0.39, 0.29) is 17.4 Å². The molecule has 2 aliphatic rings. The zero-order valence-corrected chi connectivity index (χ0v) is 11.5. The summed E-state index contributed by atoms with van der Waals surface area (Å²) in [7, 11) is 4.61. The average Bonchev–Trinajstić information content (AvgIpc) is 2.65. The van der Waals surface area contributed by atoms with Crippen LogP contribution in [0.15, 0.2) is 35.3 Å². The normalized spacial score (nSPS) is 28.8. The van der Waals surface area contributed by atoms with Crippen molar-refractivity contribution in [3.05, 3.63) is 35.3 Å². The van der Waals surface area contributed by atoms with E-state index >= 15 is 0 Å². The van der Waals surface area contributed by atoms with Crippen LogP contribution in [-0.2, 0) is 19.1 Å². The van der Waals surface area contributed by atoms with Gasteiger partial charge in [-0.25, -0.2) is 0 Å². The van der Waals surface area contributed by atoms with Crippen LogP contribution in [0, 0.1) is 5.41 Å². The van der Waals surface area contributed by atoms with Gasteiger partial charge >= 0.3 is 0 Å². The van der Waals surface area contributed by atoms with Crippen molar-refractivity contribution in [2.75, 3.05) is 27.8 Å². The number of likely N-dealkylation sites (tertiary alicyclic amines) is 1. The van der Waals surface area contributed by atoms with Crippen LogP contribution in [0.3, 0.4) is 0 Å². The zero-order chi connectivity index (χ0) is 14.2. The van der Waals surface area contributed by atoms with E-state index in [0.29, 0.717) is 17.9 Å². The summed E-state index contributed by atoms with van der Waals surface area (Å²) in [5.41, 5.74) is -0.604. The topological polar surface area (TPSA) is 55.8 Å². The highest BCUT2D eigenvalue weighted by Gasteiger charge is 2.53. The van der Waals surface area contributed by atoms with Gasteiger partial charge in [0.05, 0.1) is 19.8 Å². The summed E-state index contributed by atoms with van der Waals surface area (Å²) in [5.74, 6) is 0.327. The third-order valence-corrected chi connectivity index (χ3v) is 3.63. The van der Waals surface area contributed by atoms with Crippen molar-refractivity contribution < 1.29 is 19.1 Å². The quantitative estimate of drug-likeness (QED) is 0.551. The molecule has 1 saturated heterocycles. The Hall–Kier alpha value is -2.04. The Balaban J connectivity index is 2.61. The molecule has 1 fully saturated rings. The SMILES string of the molecule is COC1=CC=CC2(CN(C)C(=O)/C2=C(/C)OC)C1=O. The minimum atomic E-state index is -0.994. The van der Waals surface area contributed by atoms with Gasteiger partial charge in [0, 0.05) is 13.6 Å². The van der Waals surface area contributed by atoms with Crippen LogP contribution in [0.1, 0.15) is 6.92 Å². The molecule has 0 aromatic carbocycles. The maximum atomic E-state index is 12.6. The number of carbonyl (C=O) groups excluding carboxylic acids is 2. The fourth-order valence-electron chi connectivity index (χ4n) is 2.63. The maximum absolute atomic E-state index is 12.6. The summed E-state index contributed by atoms with van der Waals surface area (Å²) >= 11 is 0. The number of ketones is 1. The third kappa shape index (κ3) is 1.77. The van der Waals surface area contributed by atoms with Gasteiger partial charge in [-0.15, -0.1) is 0 Å². The van der Waals surface area contributed by atoms with E-state index in [1.54, 1.807) is 32.2 Å². The molecule has 1 unspecified atom stereocenters. The highest BCUT2D eigenvalue weighted by atomic mass is 16.5. The van der Waals surface area contributed by atoms with Gasteiger partial charge in [-0.3, -0.25) is 9.59 Å². The van der Waals surface area contributed by atoms with Crippen molar-refractivity contribution in [3.63, 3.8) is 0 Å². The number of hydrogen-bond acceptors (Lipinski definition) is 4. The summed E-state index contributed by atoms with van der Waals surface area (Å²) in [6, 6.07) is 0. The van der Waals surface area contributed by atoms with Crippen LogP contribution in [-0.4, -0.2) is 44.4 Å². The lowest BCUT2D eigenvalue weighted by Crippen LogP contribution is -2.36. The monoisotopic (exact) mass is 263 g/mol. The van der Waals surface area contributed by atoms with Gasteiger partial charge in [-0.1, -0.05) is 12.2 Å².